The van der Waals surface area contributed by atoms with Crippen molar-refractivity contribution >= 4 is 11.8 Å². The lowest BCUT2D eigenvalue weighted by Crippen LogP contribution is -2.42. The highest BCUT2D eigenvalue weighted by atomic mass is 16.3. The first-order valence-electron chi connectivity index (χ1n) is 12.5. The van der Waals surface area contributed by atoms with Gasteiger partial charge in [-0.05, 0) is 69.9 Å². The van der Waals surface area contributed by atoms with Gasteiger partial charge >= 0.3 is 0 Å². The Hall–Kier alpha value is -3.02. The van der Waals surface area contributed by atoms with Gasteiger partial charge in [-0.15, -0.1) is 0 Å². The zero-order valence-electron chi connectivity index (χ0n) is 23.6. The number of carbonyl (C=O) groups excluding carboxylic acids is 2. The number of phenols is 2. The third kappa shape index (κ3) is 7.74. The SMILES string of the molecule is CC(C)(C)CC(C)(C)c1ccc(O)c(C(=O)NNC(=O)c2cc(C(C)(C)CC(C)(C)C)ccc2O)c1. The van der Waals surface area contributed by atoms with Crippen LogP contribution in [0.3, 0.4) is 0 Å². The van der Waals surface area contributed by atoms with Crippen molar-refractivity contribution in [3.63, 3.8) is 0 Å². The van der Waals surface area contributed by atoms with E-state index in [-0.39, 0.29) is 44.3 Å². The number of nitrogens with one attached hydrogen (secondary N) is 2. The third-order valence-corrected chi connectivity index (χ3v) is 6.28. The van der Waals surface area contributed by atoms with Crippen molar-refractivity contribution in [2.75, 3.05) is 0 Å². The molecule has 6 heteroatoms. The number of hydrogen-bond acceptors (Lipinski definition) is 4. The second-order valence-corrected chi connectivity index (χ2v) is 13.6. The Balaban J connectivity index is 2.23. The van der Waals surface area contributed by atoms with Crippen molar-refractivity contribution in [3.8, 4) is 11.5 Å². The van der Waals surface area contributed by atoms with Gasteiger partial charge in [0.25, 0.3) is 11.8 Å². The molecule has 0 spiro atoms. The van der Waals surface area contributed by atoms with Crippen LogP contribution in [-0.4, -0.2) is 22.0 Å². The molecule has 0 aromatic heterocycles. The molecule has 0 aliphatic heterocycles. The molecule has 36 heavy (non-hydrogen) atoms. The van der Waals surface area contributed by atoms with Crippen LogP contribution in [0.25, 0.3) is 0 Å². The Morgan fingerprint density at radius 2 is 0.917 bits per heavy atom. The van der Waals surface area contributed by atoms with Crippen molar-refractivity contribution in [2.24, 2.45) is 10.8 Å². The van der Waals surface area contributed by atoms with E-state index in [1.54, 1.807) is 12.1 Å². The van der Waals surface area contributed by atoms with Crippen LogP contribution in [0.15, 0.2) is 36.4 Å². The molecule has 0 bridgehead atoms. The van der Waals surface area contributed by atoms with Crippen LogP contribution in [0.5, 0.6) is 11.5 Å². The number of carbonyl (C=O) groups is 2. The van der Waals surface area contributed by atoms with E-state index in [0.717, 1.165) is 24.0 Å². The summed E-state index contributed by atoms with van der Waals surface area (Å²) in [5, 5.41) is 20.7. The van der Waals surface area contributed by atoms with Gasteiger partial charge in [-0.1, -0.05) is 81.4 Å². The minimum Gasteiger partial charge on any atom is -0.507 e. The van der Waals surface area contributed by atoms with Crippen LogP contribution in [0.2, 0.25) is 0 Å². The van der Waals surface area contributed by atoms with Crippen molar-refractivity contribution in [1.82, 2.24) is 10.9 Å². The molecule has 0 radical (unpaired) electrons. The highest BCUT2D eigenvalue weighted by molar-refractivity contribution is 6.01. The normalized spacial score (nSPS) is 12.8. The molecule has 2 aromatic carbocycles. The lowest BCUT2D eigenvalue weighted by molar-refractivity contribution is 0.0843. The maximum Gasteiger partial charge on any atom is 0.273 e. The summed E-state index contributed by atoms with van der Waals surface area (Å²) in [6.07, 6.45) is 1.76. The third-order valence-electron chi connectivity index (χ3n) is 6.28. The second-order valence-electron chi connectivity index (χ2n) is 13.6. The summed E-state index contributed by atoms with van der Waals surface area (Å²) < 4.78 is 0. The molecule has 2 amide bonds. The predicted molar refractivity (Wildman–Crippen MR) is 145 cm³/mol. The lowest BCUT2D eigenvalue weighted by Gasteiger charge is -2.33. The van der Waals surface area contributed by atoms with Crippen LogP contribution in [0.4, 0.5) is 0 Å². The molecular weight excluding hydrogens is 452 g/mol. The zero-order valence-corrected chi connectivity index (χ0v) is 23.6. The van der Waals surface area contributed by atoms with Crippen molar-refractivity contribution in [2.45, 2.75) is 92.9 Å². The number of hydrogen-bond donors (Lipinski definition) is 4. The van der Waals surface area contributed by atoms with Gasteiger partial charge in [0.05, 0.1) is 11.1 Å². The van der Waals surface area contributed by atoms with Crippen LogP contribution in [0, 0.1) is 10.8 Å². The number of amides is 2. The van der Waals surface area contributed by atoms with E-state index in [1.165, 1.54) is 12.1 Å². The molecule has 0 saturated heterocycles. The van der Waals surface area contributed by atoms with E-state index in [9.17, 15) is 19.8 Å². The number of hydrazine groups is 1. The van der Waals surface area contributed by atoms with E-state index < -0.39 is 11.8 Å². The molecule has 0 fully saturated rings. The number of aromatic hydroxyl groups is 2. The van der Waals surface area contributed by atoms with Gasteiger partial charge in [-0.25, -0.2) is 0 Å². The molecule has 0 saturated carbocycles. The smallest absolute Gasteiger partial charge is 0.273 e. The van der Waals surface area contributed by atoms with Crippen molar-refractivity contribution in [3.05, 3.63) is 58.7 Å². The Morgan fingerprint density at radius 3 is 1.19 bits per heavy atom. The van der Waals surface area contributed by atoms with E-state index in [0.29, 0.717) is 0 Å². The fourth-order valence-corrected chi connectivity index (χ4v) is 5.38. The lowest BCUT2D eigenvalue weighted by atomic mass is 9.72. The molecule has 0 aliphatic rings. The molecule has 198 valence electrons. The molecule has 0 aliphatic carbocycles. The topological polar surface area (TPSA) is 98.7 Å². The first kappa shape index (κ1) is 29.2. The zero-order chi connectivity index (χ0) is 27.7. The van der Waals surface area contributed by atoms with Crippen LogP contribution >= 0.6 is 0 Å². The van der Waals surface area contributed by atoms with Crippen LogP contribution in [-0.2, 0) is 10.8 Å². The molecule has 0 unspecified atom stereocenters. The summed E-state index contributed by atoms with van der Waals surface area (Å²) in [4.78, 5) is 25.8. The minimum absolute atomic E-state index is 0.0686. The largest absolute Gasteiger partial charge is 0.507 e. The molecule has 2 aromatic rings. The van der Waals surface area contributed by atoms with Gasteiger partial charge in [0.1, 0.15) is 11.5 Å². The monoisotopic (exact) mass is 496 g/mol. The summed E-state index contributed by atoms with van der Waals surface area (Å²) in [6.45, 7) is 21.4. The van der Waals surface area contributed by atoms with E-state index >= 15 is 0 Å². The van der Waals surface area contributed by atoms with Crippen LogP contribution in [0.1, 0.15) is 114 Å². The Labute approximate surface area is 216 Å². The summed E-state index contributed by atoms with van der Waals surface area (Å²) >= 11 is 0. The second kappa shape index (κ2) is 10.2. The Morgan fingerprint density at radius 1 is 0.611 bits per heavy atom. The first-order chi connectivity index (χ1) is 16.2. The van der Waals surface area contributed by atoms with Gasteiger partial charge < -0.3 is 10.2 Å². The standard InChI is InChI=1S/C30H44N2O4/c1-27(2,3)17-29(7,8)19-11-13-23(33)21(15-19)25(35)31-32-26(36)22-16-20(12-14-24(22)34)30(9,10)18-28(4,5)6/h11-16,33-34H,17-18H2,1-10H3,(H,31,35)(H,32,36). The summed E-state index contributed by atoms with van der Waals surface area (Å²) in [7, 11) is 0. The van der Waals surface area contributed by atoms with Crippen molar-refractivity contribution in [1.29, 1.82) is 0 Å². The fourth-order valence-electron chi connectivity index (χ4n) is 5.38. The fraction of sp³-hybridized carbons (Fsp3) is 0.533. The highest BCUT2D eigenvalue weighted by Gasteiger charge is 2.30. The molecule has 2 rings (SSSR count). The number of benzene rings is 2. The van der Waals surface area contributed by atoms with Crippen molar-refractivity contribution < 1.29 is 19.8 Å². The Bertz CT molecular complexity index is 1030. The summed E-state index contributed by atoms with van der Waals surface area (Å²) in [6, 6.07) is 9.97. The number of phenolic OH excluding ortho intramolecular Hbond substituents is 2. The molecule has 6 nitrogen and oxygen atoms in total. The minimum atomic E-state index is -0.641. The van der Waals surface area contributed by atoms with E-state index in [1.807, 2.05) is 12.1 Å². The molecule has 0 heterocycles. The maximum atomic E-state index is 12.9. The number of rotatable bonds is 6. The molecule has 0 atom stereocenters. The predicted octanol–water partition coefficient (Wildman–Crippen LogP) is 6.60. The van der Waals surface area contributed by atoms with Gasteiger partial charge in [0.2, 0.25) is 0 Å². The van der Waals surface area contributed by atoms with E-state index in [4.69, 9.17) is 0 Å². The van der Waals surface area contributed by atoms with Gasteiger partial charge in [0, 0.05) is 0 Å². The average molecular weight is 497 g/mol. The van der Waals surface area contributed by atoms with E-state index in [2.05, 4.69) is 80.1 Å². The highest BCUT2D eigenvalue weighted by Crippen LogP contribution is 2.38. The Kier molecular flexibility index (Phi) is 8.24. The van der Waals surface area contributed by atoms with Gasteiger partial charge in [-0.2, -0.15) is 0 Å². The summed E-state index contributed by atoms with van der Waals surface area (Å²) in [5.41, 5.74) is 6.43. The maximum absolute atomic E-state index is 12.9. The first-order valence-corrected chi connectivity index (χ1v) is 12.5. The molecule has 4 N–H and O–H groups in total. The average Bonchev–Trinajstić information content (AvgIpc) is 2.68. The van der Waals surface area contributed by atoms with Crippen LogP contribution < -0.4 is 10.9 Å². The van der Waals surface area contributed by atoms with Gasteiger partial charge in [0.15, 0.2) is 0 Å². The molecular formula is C30H44N2O4. The van der Waals surface area contributed by atoms with Gasteiger partial charge in [-0.3, -0.25) is 20.4 Å². The quantitative estimate of drug-likeness (QED) is 0.339. The summed E-state index contributed by atoms with van der Waals surface area (Å²) in [5.74, 6) is -1.63.